The summed E-state index contributed by atoms with van der Waals surface area (Å²) in [7, 11) is 0. The average molecular weight is 767 g/mol. The van der Waals surface area contributed by atoms with Crippen molar-refractivity contribution in [1.29, 1.82) is 0 Å². The lowest BCUT2D eigenvalue weighted by atomic mass is 9.98. The topological polar surface area (TPSA) is 9.86 Å². The summed E-state index contributed by atoms with van der Waals surface area (Å²) in [6, 6.07) is 0.455. The molecule has 3 heterocycles. The molecule has 0 aliphatic rings. The summed E-state index contributed by atoms with van der Waals surface area (Å²) in [4.78, 5) is 0. The Kier molecular flexibility index (Phi) is 3.67. The zero-order chi connectivity index (χ0) is 58.3. The van der Waals surface area contributed by atoms with Crippen molar-refractivity contribution in [2.45, 2.75) is 0 Å². The van der Waals surface area contributed by atoms with Crippen molar-refractivity contribution in [3.63, 3.8) is 0 Å². The Balaban J connectivity index is 1.16. The molecular weight excluding hydrogens is 709 g/mol. The van der Waals surface area contributed by atoms with E-state index in [-0.39, 0.29) is 82.0 Å². The Morgan fingerprint density at radius 2 is 0.912 bits per heavy atom. The predicted molar refractivity (Wildman–Crippen MR) is 244 cm³/mol. The highest BCUT2D eigenvalue weighted by Gasteiger charge is 2.17. The Labute approximate surface area is 367 Å². The highest BCUT2D eigenvalue weighted by Crippen LogP contribution is 2.41. The molecule has 57 heavy (non-hydrogen) atoms. The van der Waals surface area contributed by atoms with Crippen molar-refractivity contribution in [2.24, 2.45) is 0 Å². The van der Waals surface area contributed by atoms with Gasteiger partial charge in [-0.1, -0.05) is 133 Å². The standard InChI is InChI=1S/C54H34N2S/c1-3-12-35(13-4-1)36-14-11-15-37(30-36)40-22-26-45-46-27-25-42(34-54(46)57-53(45)33-40)56-50-21-10-8-19-44(50)48-32-39(24-29-52(48)56)38-23-28-51-47(31-38)43-18-7-9-20-49(43)55(51)41-16-5-2-6-17-41/h1-34H/i3D,7D,8D,9D,10D,11D,13D,14D,18D,19D,20D,21D,22D,23D,24D,26D,27D,28D,29D,30D,31D,32D,33D,34D. The largest absolute Gasteiger partial charge is 0.309 e. The molecule has 12 aromatic rings. The second kappa shape index (κ2) is 12.7. The number of thiophene rings is 1. The Morgan fingerprint density at radius 1 is 0.316 bits per heavy atom. The van der Waals surface area contributed by atoms with E-state index in [0.29, 0.717) is 5.69 Å². The van der Waals surface area contributed by atoms with Crippen LogP contribution in [0.4, 0.5) is 0 Å². The number of nitrogens with zero attached hydrogens (tertiary/aromatic N) is 2. The van der Waals surface area contributed by atoms with Gasteiger partial charge in [0, 0.05) is 53.1 Å². The Hall–Kier alpha value is -7.20. The maximum absolute atomic E-state index is 9.94. The van der Waals surface area contributed by atoms with Crippen LogP contribution >= 0.6 is 11.3 Å². The van der Waals surface area contributed by atoms with Gasteiger partial charge in [-0.05, 0) is 106 Å². The summed E-state index contributed by atoms with van der Waals surface area (Å²) in [6.07, 6.45) is 0. The summed E-state index contributed by atoms with van der Waals surface area (Å²) in [5, 5.41) is -1.43. The van der Waals surface area contributed by atoms with E-state index in [1.807, 2.05) is 0 Å². The van der Waals surface area contributed by atoms with Gasteiger partial charge in [0.1, 0.15) is 0 Å². The number of rotatable bonds is 5. The van der Waals surface area contributed by atoms with Crippen LogP contribution in [-0.2, 0) is 0 Å². The predicted octanol–water partition coefficient (Wildman–Crippen LogP) is 15.2. The number of hydrogen-bond acceptors (Lipinski definition) is 1. The second-order valence-electron chi connectivity index (χ2n) is 13.0. The maximum Gasteiger partial charge on any atom is 0.0660 e. The molecule has 266 valence electrons. The number of benzene rings is 9. The molecule has 0 unspecified atom stereocenters. The van der Waals surface area contributed by atoms with Gasteiger partial charge in [-0.25, -0.2) is 0 Å². The molecule has 0 bridgehead atoms. The third-order valence-electron chi connectivity index (χ3n) is 9.73. The molecule has 0 saturated heterocycles. The van der Waals surface area contributed by atoms with Crippen molar-refractivity contribution in [3.05, 3.63) is 206 Å². The smallest absolute Gasteiger partial charge is 0.0660 e. The first-order valence-electron chi connectivity index (χ1n) is 29.6. The third kappa shape index (κ3) is 5.10. The van der Waals surface area contributed by atoms with Gasteiger partial charge in [-0.2, -0.15) is 0 Å². The monoisotopic (exact) mass is 766 g/mol. The summed E-state index contributed by atoms with van der Waals surface area (Å²) >= 11 is 0.742. The molecule has 0 spiro atoms. The van der Waals surface area contributed by atoms with Gasteiger partial charge in [-0.15, -0.1) is 11.3 Å². The zero-order valence-corrected chi connectivity index (χ0v) is 29.9. The van der Waals surface area contributed by atoms with Gasteiger partial charge in [0.05, 0.1) is 55.0 Å². The summed E-state index contributed by atoms with van der Waals surface area (Å²) in [5.74, 6) is 0. The fourth-order valence-electron chi connectivity index (χ4n) is 7.19. The molecule has 3 aromatic heterocycles. The third-order valence-corrected chi connectivity index (χ3v) is 10.8. The zero-order valence-electron chi connectivity index (χ0n) is 53.1. The highest BCUT2D eigenvalue weighted by atomic mass is 32.1. The lowest BCUT2D eigenvalue weighted by Crippen LogP contribution is -1.93. The minimum absolute atomic E-state index is 0.0165. The minimum Gasteiger partial charge on any atom is -0.309 e. The average Bonchev–Trinajstić information content (AvgIpc) is 2.64. The minimum atomic E-state index is -0.840. The van der Waals surface area contributed by atoms with E-state index in [0.717, 1.165) is 28.0 Å². The Morgan fingerprint density at radius 3 is 1.67 bits per heavy atom. The van der Waals surface area contributed by atoms with E-state index in [9.17, 15) is 19.2 Å². The van der Waals surface area contributed by atoms with Crippen LogP contribution in [0.15, 0.2) is 206 Å². The van der Waals surface area contributed by atoms with Gasteiger partial charge in [0.15, 0.2) is 0 Å². The number of hydrogen-bond donors (Lipinski definition) is 0. The second-order valence-corrected chi connectivity index (χ2v) is 14.0. The number of fused-ring (bicyclic) bond motifs is 9. The van der Waals surface area contributed by atoms with Crippen LogP contribution < -0.4 is 0 Å². The van der Waals surface area contributed by atoms with Gasteiger partial charge in [0.2, 0.25) is 0 Å². The molecule has 3 heteroatoms. The summed E-state index contributed by atoms with van der Waals surface area (Å²) in [6.45, 7) is 0. The van der Waals surface area contributed by atoms with Gasteiger partial charge in [-0.3, -0.25) is 0 Å². The molecule has 12 rings (SSSR count). The molecule has 0 amide bonds. The van der Waals surface area contributed by atoms with Crippen molar-refractivity contribution in [2.75, 3.05) is 0 Å². The van der Waals surface area contributed by atoms with Crippen molar-refractivity contribution in [3.8, 4) is 44.8 Å². The van der Waals surface area contributed by atoms with Crippen LogP contribution in [0.25, 0.3) is 109 Å². The van der Waals surface area contributed by atoms with Crippen LogP contribution in [-0.4, -0.2) is 9.13 Å². The molecule has 0 saturated carbocycles. The van der Waals surface area contributed by atoms with Gasteiger partial charge < -0.3 is 9.13 Å². The van der Waals surface area contributed by atoms with E-state index >= 15 is 0 Å². The molecule has 0 fully saturated rings. The number of aromatic nitrogens is 2. The van der Waals surface area contributed by atoms with Crippen LogP contribution in [0.3, 0.4) is 0 Å². The van der Waals surface area contributed by atoms with Gasteiger partial charge >= 0.3 is 0 Å². The molecule has 0 aliphatic heterocycles. The molecule has 0 aliphatic carbocycles. The quantitative estimate of drug-likeness (QED) is 0.165. The molecule has 0 radical (unpaired) electrons. The normalized spacial score (nSPS) is 17.8. The van der Waals surface area contributed by atoms with Crippen LogP contribution in [0, 0.1) is 0 Å². The van der Waals surface area contributed by atoms with E-state index < -0.39 is 166 Å². The van der Waals surface area contributed by atoms with Crippen molar-refractivity contribution < 1.29 is 32.9 Å². The number of para-hydroxylation sites is 3. The van der Waals surface area contributed by atoms with Gasteiger partial charge in [0.25, 0.3) is 0 Å². The molecular formula is C54H34N2S. The molecule has 9 aromatic carbocycles. The summed E-state index contributed by atoms with van der Waals surface area (Å²) in [5.41, 5.74) is -3.05. The first kappa shape index (κ1) is 16.5. The van der Waals surface area contributed by atoms with E-state index in [2.05, 4.69) is 0 Å². The lowest BCUT2D eigenvalue weighted by molar-refractivity contribution is 1.18. The Bertz CT molecular complexity index is 4930. The van der Waals surface area contributed by atoms with Crippen LogP contribution in [0.1, 0.15) is 32.9 Å². The maximum atomic E-state index is 9.94. The first-order valence-corrected chi connectivity index (χ1v) is 18.4. The lowest BCUT2D eigenvalue weighted by Gasteiger charge is -2.09. The van der Waals surface area contributed by atoms with E-state index in [4.69, 9.17) is 13.7 Å². The van der Waals surface area contributed by atoms with Crippen LogP contribution in [0.2, 0.25) is 0 Å². The van der Waals surface area contributed by atoms with Crippen molar-refractivity contribution in [1.82, 2.24) is 9.13 Å². The first-order chi connectivity index (χ1) is 38.3. The van der Waals surface area contributed by atoms with Crippen molar-refractivity contribution >= 4 is 75.1 Å². The SMILES string of the molecule is [2H]c1ccc([2H])c(-c2c([2H])c([2H])cc(-c3c([2H])c([2H])c4c(sc5c([2H])c(-n6c7c([2H])c([2H])c([2H])c([2H])c7c7c([2H])c(-c8c([2H])c([2H])c9c(c8[2H])c8c([2H])c([2H])c([2H])c([2H])c8n9-c8ccccc8)c([2H])c([2H])c76)cc([2H])c54)c3[2H])c2[2H])c1. The summed E-state index contributed by atoms with van der Waals surface area (Å²) < 4.78 is 222. The molecule has 0 atom stereocenters. The molecule has 2 nitrogen and oxygen atoms in total. The molecule has 0 N–H and O–H groups in total. The fourth-order valence-corrected chi connectivity index (χ4v) is 8.22. The van der Waals surface area contributed by atoms with E-state index in [1.165, 1.54) is 22.8 Å². The van der Waals surface area contributed by atoms with E-state index in [1.54, 1.807) is 30.3 Å². The highest BCUT2D eigenvalue weighted by molar-refractivity contribution is 7.25. The fraction of sp³-hybridized carbons (Fsp3) is 0. The van der Waals surface area contributed by atoms with Crippen LogP contribution in [0.5, 0.6) is 0 Å².